The highest BCUT2D eigenvalue weighted by Gasteiger charge is 2.33. The fraction of sp³-hybridized carbons (Fsp3) is 0.417. The van der Waals surface area contributed by atoms with Crippen LogP contribution in [0.1, 0.15) is 75.6 Å². The van der Waals surface area contributed by atoms with Crippen molar-refractivity contribution in [2.45, 2.75) is 110 Å². The molecule has 0 aliphatic rings. The Hall–Kier alpha value is -5.52. The van der Waals surface area contributed by atoms with Crippen LogP contribution in [0.2, 0.25) is 0 Å². The summed E-state index contributed by atoms with van der Waals surface area (Å²) in [5.41, 5.74) is 3.50. The Labute approximate surface area is 349 Å². The number of aliphatic hydroxyl groups excluding tert-OH is 2. The average Bonchev–Trinajstić information content (AvgIpc) is 3.22. The number of ether oxygens (including phenoxy) is 1. The van der Waals surface area contributed by atoms with Gasteiger partial charge in [0.2, 0.25) is 17.7 Å². The second kappa shape index (κ2) is 24.4. The van der Waals surface area contributed by atoms with Crippen LogP contribution < -0.4 is 21.3 Å². The van der Waals surface area contributed by atoms with Crippen molar-refractivity contribution in [3.63, 3.8) is 0 Å². The van der Waals surface area contributed by atoms with Gasteiger partial charge >= 0.3 is 6.09 Å². The molecule has 0 saturated carbocycles. The monoisotopic (exact) mass is 806 g/mol. The molecular weight excluding hydrogens is 745 g/mol. The molecule has 0 spiro atoms. The second-order valence-electron chi connectivity index (χ2n) is 16.2. The van der Waals surface area contributed by atoms with Crippen LogP contribution in [0.5, 0.6) is 0 Å². The number of amides is 4. The molecule has 0 aromatic heterocycles. The van der Waals surface area contributed by atoms with Crippen molar-refractivity contribution in [1.29, 1.82) is 0 Å². The lowest BCUT2D eigenvalue weighted by atomic mass is 9.88. The van der Waals surface area contributed by atoms with Crippen LogP contribution >= 0.6 is 0 Å². The number of hydrogen-bond donors (Lipinski definition) is 6. The van der Waals surface area contributed by atoms with Crippen molar-refractivity contribution < 1.29 is 34.1 Å². The quantitative estimate of drug-likeness (QED) is 0.0515. The zero-order chi connectivity index (χ0) is 42.6. The van der Waals surface area contributed by atoms with Gasteiger partial charge in [0.1, 0.15) is 12.6 Å². The molecule has 6 atom stereocenters. The molecule has 11 nitrogen and oxygen atoms in total. The van der Waals surface area contributed by atoms with Gasteiger partial charge in [0.15, 0.2) is 0 Å². The van der Waals surface area contributed by atoms with Gasteiger partial charge in [-0.1, -0.05) is 149 Å². The predicted molar refractivity (Wildman–Crippen MR) is 230 cm³/mol. The van der Waals surface area contributed by atoms with Gasteiger partial charge in [0, 0.05) is 12.5 Å². The maximum Gasteiger partial charge on any atom is 0.407 e. The average molecular weight is 807 g/mol. The van der Waals surface area contributed by atoms with E-state index < -0.39 is 54.2 Å². The SMILES string of the molecule is CC(C)C[C@H](NC(=O)CC(O)[C@H](CC(C)C)NC(=O)[C@H](Cc1ccccc1)CC(O)[C@H](Cc1ccccc1)NC(=O)OCc1ccccc1)C(=O)NCc1ccccc1. The molecule has 0 fully saturated rings. The van der Waals surface area contributed by atoms with Crippen LogP contribution in [0.15, 0.2) is 121 Å². The van der Waals surface area contributed by atoms with Crippen molar-refractivity contribution in [2.24, 2.45) is 17.8 Å². The summed E-state index contributed by atoms with van der Waals surface area (Å²) in [6.07, 6.45) is -2.13. The number of benzene rings is 4. The molecule has 4 aromatic carbocycles. The highest BCUT2D eigenvalue weighted by Crippen LogP contribution is 2.21. The number of carbonyl (C=O) groups excluding carboxylic acids is 4. The molecule has 4 aromatic rings. The van der Waals surface area contributed by atoms with Crippen LogP contribution in [0, 0.1) is 17.8 Å². The van der Waals surface area contributed by atoms with Crippen molar-refractivity contribution in [2.75, 3.05) is 0 Å². The van der Waals surface area contributed by atoms with Gasteiger partial charge in [0.05, 0.1) is 30.7 Å². The topological polar surface area (TPSA) is 166 Å². The third-order valence-electron chi connectivity index (χ3n) is 10.1. The molecule has 11 heteroatoms. The van der Waals surface area contributed by atoms with Gasteiger partial charge in [0.25, 0.3) is 0 Å². The molecule has 0 radical (unpaired) electrons. The first kappa shape index (κ1) is 46.2. The Morgan fingerprint density at radius 3 is 1.59 bits per heavy atom. The molecule has 0 bridgehead atoms. The van der Waals surface area contributed by atoms with Crippen LogP contribution in [-0.4, -0.2) is 64.4 Å². The molecular formula is C48H62N4O7. The van der Waals surface area contributed by atoms with E-state index in [0.29, 0.717) is 19.4 Å². The molecule has 0 aliphatic heterocycles. The predicted octanol–water partition coefficient (Wildman–Crippen LogP) is 6.26. The van der Waals surface area contributed by atoms with E-state index in [0.717, 1.165) is 22.3 Å². The normalized spacial score (nSPS) is 14.3. The molecule has 2 unspecified atom stereocenters. The molecule has 6 N–H and O–H groups in total. The van der Waals surface area contributed by atoms with E-state index in [1.807, 2.05) is 149 Å². The summed E-state index contributed by atoms with van der Waals surface area (Å²) in [5.74, 6) is -1.83. The van der Waals surface area contributed by atoms with Crippen molar-refractivity contribution in [3.8, 4) is 0 Å². The summed E-state index contributed by atoms with van der Waals surface area (Å²) in [7, 11) is 0. The van der Waals surface area contributed by atoms with Crippen molar-refractivity contribution in [1.82, 2.24) is 21.3 Å². The third-order valence-corrected chi connectivity index (χ3v) is 10.1. The summed E-state index contributed by atoms with van der Waals surface area (Å²) in [4.78, 5) is 54.0. The highest BCUT2D eigenvalue weighted by molar-refractivity contribution is 5.88. The lowest BCUT2D eigenvalue weighted by Crippen LogP contribution is -2.51. The minimum Gasteiger partial charge on any atom is -0.445 e. The number of carbonyl (C=O) groups is 4. The van der Waals surface area contributed by atoms with Crippen LogP contribution in [-0.2, 0) is 45.1 Å². The Bertz CT molecular complexity index is 1840. The second-order valence-corrected chi connectivity index (χ2v) is 16.2. The number of nitrogens with one attached hydrogen (secondary N) is 4. The lowest BCUT2D eigenvalue weighted by molar-refractivity contribution is -0.132. The van der Waals surface area contributed by atoms with Crippen LogP contribution in [0.25, 0.3) is 0 Å². The maximum atomic E-state index is 14.3. The van der Waals surface area contributed by atoms with Gasteiger partial charge in [-0.3, -0.25) is 14.4 Å². The van der Waals surface area contributed by atoms with Crippen LogP contribution in [0.3, 0.4) is 0 Å². The van der Waals surface area contributed by atoms with Gasteiger partial charge in [-0.15, -0.1) is 0 Å². The number of rotatable bonds is 23. The van der Waals surface area contributed by atoms with Gasteiger partial charge in [-0.25, -0.2) is 4.79 Å². The van der Waals surface area contributed by atoms with E-state index >= 15 is 0 Å². The summed E-state index contributed by atoms with van der Waals surface area (Å²) in [6.45, 7) is 8.22. The zero-order valence-corrected chi connectivity index (χ0v) is 34.8. The largest absolute Gasteiger partial charge is 0.445 e. The van der Waals surface area contributed by atoms with E-state index in [1.54, 1.807) is 0 Å². The summed E-state index contributed by atoms with van der Waals surface area (Å²) in [6, 6.07) is 35.3. The Morgan fingerprint density at radius 2 is 1.05 bits per heavy atom. The Balaban J connectivity index is 1.47. The summed E-state index contributed by atoms with van der Waals surface area (Å²) in [5, 5.41) is 34.9. The van der Waals surface area contributed by atoms with E-state index in [-0.39, 0.29) is 50.0 Å². The molecule has 4 rings (SSSR count). The van der Waals surface area contributed by atoms with E-state index in [9.17, 15) is 29.4 Å². The number of aliphatic hydroxyl groups is 2. The molecule has 0 aliphatic carbocycles. The molecule has 4 amide bonds. The first-order valence-corrected chi connectivity index (χ1v) is 20.7. The molecule has 59 heavy (non-hydrogen) atoms. The van der Waals surface area contributed by atoms with Gasteiger partial charge < -0.3 is 36.2 Å². The van der Waals surface area contributed by atoms with Gasteiger partial charge in [-0.05, 0) is 66.2 Å². The van der Waals surface area contributed by atoms with E-state index in [2.05, 4.69) is 21.3 Å². The molecule has 0 saturated heterocycles. The molecule has 0 heterocycles. The zero-order valence-electron chi connectivity index (χ0n) is 34.8. The Kier molecular flexibility index (Phi) is 19.1. The smallest absolute Gasteiger partial charge is 0.407 e. The highest BCUT2D eigenvalue weighted by atomic mass is 16.5. The Morgan fingerprint density at radius 1 is 0.542 bits per heavy atom. The standard InChI is InChI=1S/C48H62N4O7/c1-33(2)25-40(44(54)30-45(55)50-42(26-34(3)4)47(57)49-31-37-21-13-7-14-22-37)51-46(56)39(27-35-17-9-5-10-18-35)29-43(53)41(28-36-19-11-6-12-20-36)52-48(58)59-32-38-23-15-8-16-24-38/h5-24,33-34,39-44,53-54H,25-32H2,1-4H3,(H,49,57)(H,50,55)(H,51,56)(H,52,58)/t39-,40+,41+,42+,43?,44?/m1/s1. The third kappa shape index (κ3) is 17.1. The maximum absolute atomic E-state index is 14.3. The fourth-order valence-corrected chi connectivity index (χ4v) is 7.02. The van der Waals surface area contributed by atoms with Crippen molar-refractivity contribution in [3.05, 3.63) is 144 Å². The van der Waals surface area contributed by atoms with Crippen molar-refractivity contribution >= 4 is 23.8 Å². The first-order valence-electron chi connectivity index (χ1n) is 20.7. The minimum atomic E-state index is -1.26. The number of hydrogen-bond acceptors (Lipinski definition) is 7. The first-order chi connectivity index (χ1) is 28.4. The summed E-state index contributed by atoms with van der Waals surface area (Å²) < 4.78 is 5.51. The fourth-order valence-electron chi connectivity index (χ4n) is 7.02. The van der Waals surface area contributed by atoms with Crippen LogP contribution in [0.4, 0.5) is 4.79 Å². The number of alkyl carbamates (subject to hydrolysis) is 1. The lowest BCUT2D eigenvalue weighted by Gasteiger charge is -2.30. The van der Waals surface area contributed by atoms with E-state index in [1.165, 1.54) is 0 Å². The minimum absolute atomic E-state index is 0.0167. The van der Waals surface area contributed by atoms with Gasteiger partial charge in [-0.2, -0.15) is 0 Å². The van der Waals surface area contributed by atoms with E-state index in [4.69, 9.17) is 4.74 Å². The summed E-state index contributed by atoms with van der Waals surface area (Å²) >= 11 is 0. The molecule has 316 valence electrons.